The van der Waals surface area contributed by atoms with Crippen LogP contribution in [0, 0.1) is 5.82 Å². The van der Waals surface area contributed by atoms with Crippen LogP contribution in [0.15, 0.2) is 24.3 Å². The van der Waals surface area contributed by atoms with Gasteiger partial charge in [-0.1, -0.05) is 24.6 Å². The maximum atomic E-state index is 13.3. The van der Waals surface area contributed by atoms with Crippen LogP contribution in [0.2, 0.25) is 0 Å². The molecule has 0 aliphatic heterocycles. The predicted octanol–water partition coefficient (Wildman–Crippen LogP) is 3.67. The molecule has 16 heavy (non-hydrogen) atoms. The summed E-state index contributed by atoms with van der Waals surface area (Å²) in [6.45, 7) is 1.67. The molecule has 0 N–H and O–H groups in total. The lowest BCUT2D eigenvalue weighted by Gasteiger charge is -2.16. The highest BCUT2D eigenvalue weighted by Gasteiger charge is 2.04. The second-order valence-corrected chi connectivity index (χ2v) is 4.46. The lowest BCUT2D eigenvalue weighted by molar-refractivity contribution is 0.313. The molecule has 90 valence electrons. The number of unbranched alkanes of at least 4 members (excludes halogenated alkanes) is 2. The Kier molecular flexibility index (Phi) is 6.43. The van der Waals surface area contributed by atoms with Gasteiger partial charge in [0.25, 0.3) is 0 Å². The third-order valence-electron chi connectivity index (χ3n) is 2.57. The Balaban J connectivity index is 2.28. The van der Waals surface area contributed by atoms with Gasteiger partial charge in [-0.2, -0.15) is 0 Å². The average Bonchev–Trinajstić information content (AvgIpc) is 2.28. The highest BCUT2D eigenvalue weighted by Crippen LogP contribution is 2.09. The molecule has 0 aliphatic rings. The van der Waals surface area contributed by atoms with Crippen molar-refractivity contribution < 1.29 is 4.39 Å². The van der Waals surface area contributed by atoms with Gasteiger partial charge in [0.15, 0.2) is 0 Å². The summed E-state index contributed by atoms with van der Waals surface area (Å²) < 4.78 is 13.3. The Labute approximate surface area is 102 Å². The number of alkyl halides is 1. The monoisotopic (exact) mass is 243 g/mol. The third kappa shape index (κ3) is 4.95. The van der Waals surface area contributed by atoms with E-state index >= 15 is 0 Å². The zero-order valence-corrected chi connectivity index (χ0v) is 10.5. The minimum atomic E-state index is -0.116. The lowest BCUT2D eigenvalue weighted by Crippen LogP contribution is -2.19. The first-order valence-corrected chi connectivity index (χ1v) is 6.25. The standard InChI is InChI=1S/C13H19ClFN/c1-16(10-6-2-5-9-14)11-12-7-3-4-8-13(12)15/h3-4,7-8H,2,5-6,9-11H2,1H3. The minimum absolute atomic E-state index is 0.116. The number of benzene rings is 1. The molecule has 0 aliphatic carbocycles. The second-order valence-electron chi connectivity index (χ2n) is 4.08. The average molecular weight is 244 g/mol. The molecule has 0 heterocycles. The normalized spacial score (nSPS) is 11.0. The number of halogens is 2. The van der Waals surface area contributed by atoms with Crippen molar-refractivity contribution in [3.63, 3.8) is 0 Å². The van der Waals surface area contributed by atoms with Crippen molar-refractivity contribution in [1.82, 2.24) is 4.90 Å². The van der Waals surface area contributed by atoms with Gasteiger partial charge < -0.3 is 4.90 Å². The van der Waals surface area contributed by atoms with Crippen LogP contribution in [0.3, 0.4) is 0 Å². The number of hydrogen-bond donors (Lipinski definition) is 0. The predicted molar refractivity (Wildman–Crippen MR) is 67.3 cm³/mol. The van der Waals surface area contributed by atoms with Crippen LogP contribution in [-0.4, -0.2) is 24.4 Å². The molecular formula is C13H19ClFN. The molecule has 0 spiro atoms. The van der Waals surface area contributed by atoms with E-state index in [0.29, 0.717) is 6.54 Å². The van der Waals surface area contributed by atoms with Crippen LogP contribution < -0.4 is 0 Å². The van der Waals surface area contributed by atoms with E-state index in [2.05, 4.69) is 4.90 Å². The van der Waals surface area contributed by atoms with Crippen molar-refractivity contribution in [3.8, 4) is 0 Å². The summed E-state index contributed by atoms with van der Waals surface area (Å²) in [6, 6.07) is 6.94. The van der Waals surface area contributed by atoms with Gasteiger partial charge in [-0.15, -0.1) is 11.6 Å². The van der Waals surface area contributed by atoms with Crippen molar-refractivity contribution in [2.24, 2.45) is 0 Å². The first-order valence-electron chi connectivity index (χ1n) is 5.72. The Morgan fingerprint density at radius 3 is 2.62 bits per heavy atom. The van der Waals surface area contributed by atoms with Crippen molar-refractivity contribution in [1.29, 1.82) is 0 Å². The van der Waals surface area contributed by atoms with Gasteiger partial charge in [-0.05, 0) is 32.5 Å². The molecule has 3 heteroatoms. The highest BCUT2D eigenvalue weighted by atomic mass is 35.5. The zero-order chi connectivity index (χ0) is 11.8. The maximum absolute atomic E-state index is 13.3. The Hall–Kier alpha value is -0.600. The first-order chi connectivity index (χ1) is 7.74. The molecule has 0 aromatic heterocycles. The Morgan fingerprint density at radius 2 is 1.94 bits per heavy atom. The fraction of sp³-hybridized carbons (Fsp3) is 0.538. The van der Waals surface area contributed by atoms with E-state index in [0.717, 1.165) is 37.3 Å². The highest BCUT2D eigenvalue weighted by molar-refractivity contribution is 6.17. The van der Waals surface area contributed by atoms with Gasteiger partial charge in [-0.3, -0.25) is 0 Å². The molecule has 0 amide bonds. The van der Waals surface area contributed by atoms with Crippen molar-refractivity contribution in [3.05, 3.63) is 35.6 Å². The molecule has 0 fully saturated rings. The van der Waals surface area contributed by atoms with Gasteiger partial charge in [0.05, 0.1) is 0 Å². The topological polar surface area (TPSA) is 3.24 Å². The molecule has 1 rings (SSSR count). The summed E-state index contributed by atoms with van der Waals surface area (Å²) in [5.74, 6) is 0.618. The molecule has 1 aromatic rings. The van der Waals surface area contributed by atoms with Gasteiger partial charge >= 0.3 is 0 Å². The molecule has 1 nitrogen and oxygen atoms in total. The summed E-state index contributed by atoms with van der Waals surface area (Å²) in [5.41, 5.74) is 0.766. The fourth-order valence-electron chi connectivity index (χ4n) is 1.65. The van der Waals surface area contributed by atoms with E-state index in [1.54, 1.807) is 6.07 Å². The molecule has 0 bridgehead atoms. The van der Waals surface area contributed by atoms with E-state index in [-0.39, 0.29) is 5.82 Å². The molecule has 0 atom stereocenters. The van der Waals surface area contributed by atoms with E-state index in [4.69, 9.17) is 11.6 Å². The summed E-state index contributed by atoms with van der Waals surface area (Å²) in [7, 11) is 2.02. The van der Waals surface area contributed by atoms with E-state index < -0.39 is 0 Å². The summed E-state index contributed by atoms with van der Waals surface area (Å²) in [6.07, 6.45) is 3.33. The summed E-state index contributed by atoms with van der Waals surface area (Å²) >= 11 is 5.60. The molecular weight excluding hydrogens is 225 g/mol. The van der Waals surface area contributed by atoms with Crippen molar-refractivity contribution >= 4 is 11.6 Å². The van der Waals surface area contributed by atoms with Crippen LogP contribution in [0.4, 0.5) is 4.39 Å². The third-order valence-corrected chi connectivity index (χ3v) is 2.84. The van der Waals surface area contributed by atoms with E-state index in [1.165, 1.54) is 6.07 Å². The maximum Gasteiger partial charge on any atom is 0.127 e. The largest absolute Gasteiger partial charge is 0.302 e. The molecule has 0 saturated carbocycles. The van der Waals surface area contributed by atoms with Gasteiger partial charge in [-0.25, -0.2) is 4.39 Å². The zero-order valence-electron chi connectivity index (χ0n) is 9.76. The molecule has 0 unspecified atom stereocenters. The van der Waals surface area contributed by atoms with Gasteiger partial charge in [0.2, 0.25) is 0 Å². The quantitative estimate of drug-likeness (QED) is 0.522. The van der Waals surface area contributed by atoms with Crippen LogP contribution >= 0.6 is 11.6 Å². The smallest absolute Gasteiger partial charge is 0.127 e. The van der Waals surface area contributed by atoms with E-state index in [9.17, 15) is 4.39 Å². The van der Waals surface area contributed by atoms with Gasteiger partial charge in [0, 0.05) is 18.0 Å². The van der Waals surface area contributed by atoms with Gasteiger partial charge in [0.1, 0.15) is 5.82 Å². The van der Waals surface area contributed by atoms with Crippen LogP contribution in [-0.2, 0) is 6.54 Å². The fourth-order valence-corrected chi connectivity index (χ4v) is 1.84. The SMILES string of the molecule is CN(CCCCCCl)Cc1ccccc1F. The Morgan fingerprint density at radius 1 is 1.19 bits per heavy atom. The molecule has 0 radical (unpaired) electrons. The summed E-state index contributed by atoms with van der Waals surface area (Å²) in [4.78, 5) is 2.15. The molecule has 0 saturated heterocycles. The number of nitrogens with zero attached hydrogens (tertiary/aromatic N) is 1. The van der Waals surface area contributed by atoms with E-state index in [1.807, 2.05) is 19.2 Å². The summed E-state index contributed by atoms with van der Waals surface area (Å²) in [5, 5.41) is 0. The first kappa shape index (κ1) is 13.5. The minimum Gasteiger partial charge on any atom is -0.302 e. The second kappa shape index (κ2) is 7.64. The lowest BCUT2D eigenvalue weighted by atomic mass is 10.2. The number of rotatable bonds is 7. The van der Waals surface area contributed by atoms with Crippen molar-refractivity contribution in [2.75, 3.05) is 19.5 Å². The Bertz CT molecular complexity index is 304. The number of hydrogen-bond acceptors (Lipinski definition) is 1. The van der Waals surface area contributed by atoms with Crippen LogP contribution in [0.25, 0.3) is 0 Å². The van der Waals surface area contributed by atoms with Crippen LogP contribution in [0.1, 0.15) is 24.8 Å². The van der Waals surface area contributed by atoms with Crippen molar-refractivity contribution in [2.45, 2.75) is 25.8 Å². The van der Waals surface area contributed by atoms with Crippen LogP contribution in [0.5, 0.6) is 0 Å². The molecule has 1 aromatic carbocycles.